The minimum atomic E-state index is -0.814. The summed E-state index contributed by atoms with van der Waals surface area (Å²) in [6.45, 7) is -0.368. The Bertz CT molecular complexity index is 1390. The lowest BCUT2D eigenvalue weighted by atomic mass is 9.95. The number of carbonyl (C=O) groups excluding carboxylic acids is 3. The van der Waals surface area contributed by atoms with Crippen LogP contribution in [0, 0.1) is 11.6 Å². The molecule has 0 aliphatic carbocycles. The van der Waals surface area contributed by atoms with Crippen LogP contribution in [0.25, 0.3) is 22.8 Å². The Balaban J connectivity index is 1.65. The Morgan fingerprint density at radius 3 is 2.59 bits per heavy atom. The van der Waals surface area contributed by atoms with E-state index in [1.165, 1.54) is 24.3 Å². The van der Waals surface area contributed by atoms with Gasteiger partial charge in [0, 0.05) is 35.5 Å². The first-order valence-electron chi connectivity index (χ1n) is 10.4. The van der Waals surface area contributed by atoms with Gasteiger partial charge in [-0.25, -0.2) is 8.78 Å². The normalized spacial score (nSPS) is 15.6. The Morgan fingerprint density at radius 1 is 1.09 bits per heavy atom. The van der Waals surface area contributed by atoms with Crippen molar-refractivity contribution >= 4 is 40.7 Å². The summed E-state index contributed by atoms with van der Waals surface area (Å²) in [7, 11) is 0. The van der Waals surface area contributed by atoms with Crippen molar-refractivity contribution in [2.45, 2.75) is 6.42 Å². The molecule has 1 aromatic heterocycles. The average Bonchev–Trinajstić information content (AvgIpc) is 3.33. The monoisotopic (exact) mass is 464 g/mol. The molecule has 3 aromatic rings. The lowest BCUT2D eigenvalue weighted by molar-refractivity contribution is -0.118. The van der Waals surface area contributed by atoms with E-state index in [2.05, 4.69) is 20.9 Å². The molecule has 5 rings (SSSR count). The molecule has 5 N–H and O–H groups in total. The fraction of sp³-hybridized carbons (Fsp3) is 0.125. The maximum absolute atomic E-state index is 14.6. The molecule has 0 saturated carbocycles. The van der Waals surface area contributed by atoms with Gasteiger partial charge >= 0.3 is 0 Å². The summed E-state index contributed by atoms with van der Waals surface area (Å²) in [5.41, 5.74) is 3.15. The van der Waals surface area contributed by atoms with E-state index in [0.717, 1.165) is 6.07 Å². The number of aromatic amines is 1. The molecule has 0 saturated heterocycles. The number of amides is 3. The SMILES string of the molecule is O=C(CO)Nc1cc2c(cc1F)/C(=C\c1[nH]c3c(c1-c1ccc(F)cc1)C(=O)NCC3)C(=O)N2. The van der Waals surface area contributed by atoms with Gasteiger partial charge in [-0.2, -0.15) is 0 Å². The highest BCUT2D eigenvalue weighted by atomic mass is 19.1. The molecule has 8 nitrogen and oxygen atoms in total. The Kier molecular flexibility index (Phi) is 5.21. The van der Waals surface area contributed by atoms with Gasteiger partial charge in [-0.15, -0.1) is 0 Å². The number of H-pyrrole nitrogens is 1. The van der Waals surface area contributed by atoms with Gasteiger partial charge in [-0.05, 0) is 35.9 Å². The molecule has 2 aromatic carbocycles. The molecular formula is C24H18F2N4O4. The van der Waals surface area contributed by atoms with Crippen molar-refractivity contribution in [1.82, 2.24) is 10.3 Å². The van der Waals surface area contributed by atoms with Crippen molar-refractivity contribution in [3.05, 3.63) is 70.5 Å². The van der Waals surface area contributed by atoms with Crippen molar-refractivity contribution < 1.29 is 28.3 Å². The molecule has 172 valence electrons. The smallest absolute Gasteiger partial charge is 0.256 e. The first-order chi connectivity index (χ1) is 16.4. The summed E-state index contributed by atoms with van der Waals surface area (Å²) in [4.78, 5) is 40.0. The lowest BCUT2D eigenvalue weighted by Gasteiger charge is -2.14. The average molecular weight is 464 g/mol. The fourth-order valence-corrected chi connectivity index (χ4v) is 4.21. The molecule has 3 heterocycles. The number of anilines is 2. The summed E-state index contributed by atoms with van der Waals surface area (Å²) in [5, 5.41) is 16.5. The Morgan fingerprint density at radius 2 is 1.85 bits per heavy atom. The van der Waals surface area contributed by atoms with E-state index >= 15 is 0 Å². The van der Waals surface area contributed by atoms with Crippen LogP contribution < -0.4 is 16.0 Å². The predicted molar refractivity (Wildman–Crippen MR) is 121 cm³/mol. The molecule has 3 amide bonds. The second kappa shape index (κ2) is 8.23. The number of hydrogen-bond acceptors (Lipinski definition) is 4. The zero-order chi connectivity index (χ0) is 24.0. The van der Waals surface area contributed by atoms with Crippen molar-refractivity contribution in [1.29, 1.82) is 0 Å². The van der Waals surface area contributed by atoms with E-state index in [9.17, 15) is 23.2 Å². The molecule has 0 spiro atoms. The molecular weight excluding hydrogens is 446 g/mol. The number of hydrogen-bond donors (Lipinski definition) is 5. The maximum Gasteiger partial charge on any atom is 0.256 e. The number of aliphatic hydroxyl groups excluding tert-OH is 1. The lowest BCUT2D eigenvalue weighted by Crippen LogP contribution is -2.31. The Labute approximate surface area is 191 Å². The van der Waals surface area contributed by atoms with Crippen molar-refractivity contribution in [2.75, 3.05) is 23.8 Å². The zero-order valence-corrected chi connectivity index (χ0v) is 17.6. The van der Waals surface area contributed by atoms with Gasteiger partial charge < -0.3 is 26.0 Å². The summed E-state index contributed by atoms with van der Waals surface area (Å²) in [6, 6.07) is 8.02. The number of aliphatic hydroxyl groups is 1. The van der Waals surface area contributed by atoms with Gasteiger partial charge in [0.25, 0.3) is 11.8 Å². The third kappa shape index (κ3) is 3.63. The third-order valence-corrected chi connectivity index (χ3v) is 5.72. The molecule has 0 bridgehead atoms. The van der Waals surface area contributed by atoms with Crippen LogP contribution in [0.2, 0.25) is 0 Å². The van der Waals surface area contributed by atoms with Gasteiger partial charge in [0.2, 0.25) is 5.91 Å². The van der Waals surface area contributed by atoms with E-state index in [0.29, 0.717) is 41.0 Å². The van der Waals surface area contributed by atoms with E-state index in [1.54, 1.807) is 12.1 Å². The number of benzene rings is 2. The fourth-order valence-electron chi connectivity index (χ4n) is 4.21. The van der Waals surface area contributed by atoms with Gasteiger partial charge in [-0.1, -0.05) is 12.1 Å². The van der Waals surface area contributed by atoms with Crippen LogP contribution in [0.1, 0.15) is 27.3 Å². The van der Waals surface area contributed by atoms with Gasteiger partial charge in [0.15, 0.2) is 0 Å². The first kappa shape index (κ1) is 21.5. The second-order valence-electron chi connectivity index (χ2n) is 7.88. The molecule has 2 aliphatic rings. The number of carbonyl (C=O) groups is 3. The largest absolute Gasteiger partial charge is 0.387 e. The minimum Gasteiger partial charge on any atom is -0.387 e. The number of halogens is 2. The number of nitrogens with one attached hydrogen (secondary N) is 4. The topological polar surface area (TPSA) is 123 Å². The van der Waals surface area contributed by atoms with Gasteiger partial charge in [0.1, 0.15) is 18.2 Å². The van der Waals surface area contributed by atoms with Crippen molar-refractivity contribution in [3.63, 3.8) is 0 Å². The minimum absolute atomic E-state index is 0.149. The van der Waals surface area contributed by atoms with Crippen LogP contribution in [0.5, 0.6) is 0 Å². The van der Waals surface area contributed by atoms with Gasteiger partial charge in [-0.3, -0.25) is 14.4 Å². The molecule has 0 unspecified atom stereocenters. The standard InChI is InChI=1S/C24H18F2N4O4/c25-12-3-1-11(2-4-12)21-19(28-16-5-6-27-24(34)22(16)21)8-14-13-7-15(26)18(29-20(32)10-31)9-17(13)30-23(14)33/h1-4,7-9,28,31H,5-6,10H2,(H,27,34)(H,29,32)(H,30,33)/b14-8+. The van der Waals surface area contributed by atoms with Crippen LogP contribution in [-0.2, 0) is 16.0 Å². The highest BCUT2D eigenvalue weighted by Crippen LogP contribution is 2.39. The molecule has 10 heteroatoms. The summed E-state index contributed by atoms with van der Waals surface area (Å²) in [6.07, 6.45) is 2.07. The summed E-state index contributed by atoms with van der Waals surface area (Å²) in [5.74, 6) is -2.79. The van der Waals surface area contributed by atoms with E-state index in [1.807, 2.05) is 0 Å². The number of aromatic nitrogens is 1. The maximum atomic E-state index is 14.6. The van der Waals surface area contributed by atoms with Crippen LogP contribution in [0.3, 0.4) is 0 Å². The predicted octanol–water partition coefficient (Wildman–Crippen LogP) is 2.67. The zero-order valence-electron chi connectivity index (χ0n) is 17.6. The summed E-state index contributed by atoms with van der Waals surface area (Å²) >= 11 is 0. The highest BCUT2D eigenvalue weighted by Gasteiger charge is 2.30. The first-order valence-corrected chi connectivity index (χ1v) is 10.4. The van der Waals surface area contributed by atoms with Crippen molar-refractivity contribution in [3.8, 4) is 11.1 Å². The van der Waals surface area contributed by atoms with Crippen LogP contribution >= 0.6 is 0 Å². The third-order valence-electron chi connectivity index (χ3n) is 5.72. The van der Waals surface area contributed by atoms with E-state index < -0.39 is 30.1 Å². The molecule has 0 radical (unpaired) electrons. The molecule has 0 fully saturated rings. The number of fused-ring (bicyclic) bond motifs is 2. The van der Waals surface area contributed by atoms with Crippen LogP contribution in [-0.4, -0.2) is 41.0 Å². The molecule has 2 aliphatic heterocycles. The van der Waals surface area contributed by atoms with E-state index in [-0.39, 0.29) is 28.4 Å². The molecule has 0 atom stereocenters. The highest BCUT2D eigenvalue weighted by molar-refractivity contribution is 6.35. The quantitative estimate of drug-likeness (QED) is 0.381. The van der Waals surface area contributed by atoms with Crippen LogP contribution in [0.15, 0.2) is 36.4 Å². The molecule has 34 heavy (non-hydrogen) atoms. The van der Waals surface area contributed by atoms with Crippen molar-refractivity contribution in [2.24, 2.45) is 0 Å². The number of rotatable bonds is 4. The van der Waals surface area contributed by atoms with Gasteiger partial charge in [0.05, 0.1) is 22.5 Å². The van der Waals surface area contributed by atoms with Crippen LogP contribution in [0.4, 0.5) is 20.2 Å². The Hall–Kier alpha value is -4.31. The van der Waals surface area contributed by atoms with E-state index in [4.69, 9.17) is 5.11 Å². The summed E-state index contributed by atoms with van der Waals surface area (Å²) < 4.78 is 28.2. The second-order valence-corrected chi connectivity index (χ2v) is 7.88.